The van der Waals surface area contributed by atoms with Gasteiger partial charge in [-0.05, 0) is 65.7 Å². The van der Waals surface area contributed by atoms with Gasteiger partial charge in [-0.25, -0.2) is 5.43 Å². The molecule has 0 aliphatic rings. The molecule has 0 unspecified atom stereocenters. The Bertz CT molecular complexity index is 1340. The molecule has 0 aliphatic heterocycles. The van der Waals surface area contributed by atoms with Crippen LogP contribution in [-0.4, -0.2) is 18.7 Å². The normalized spacial score (nSPS) is 11.0. The maximum Gasteiger partial charge on any atom is 0.271 e. The van der Waals surface area contributed by atoms with Crippen molar-refractivity contribution in [3.63, 3.8) is 0 Å². The molecular formula is C27H22Cl2N2O3. The monoisotopic (exact) mass is 492 g/mol. The molecule has 0 bridgehead atoms. The van der Waals surface area contributed by atoms with Crippen molar-refractivity contribution in [1.82, 2.24) is 5.43 Å². The van der Waals surface area contributed by atoms with E-state index in [4.69, 9.17) is 32.7 Å². The van der Waals surface area contributed by atoms with Gasteiger partial charge in [-0.2, -0.15) is 5.10 Å². The minimum atomic E-state index is -0.321. The second kappa shape index (κ2) is 11.1. The predicted molar refractivity (Wildman–Crippen MR) is 137 cm³/mol. The van der Waals surface area contributed by atoms with Gasteiger partial charge in [-0.1, -0.05) is 59.6 Å². The van der Waals surface area contributed by atoms with Gasteiger partial charge in [0.05, 0.1) is 22.9 Å². The standard InChI is InChI=1S/C27H22Cl2N2O3/c1-2-33-21-11-8-20(9-12-21)27(32)31-30-16-23-22-6-4-3-5-19(22)10-14-26(23)34-17-18-7-13-24(28)25(29)15-18/h3-16H,2,17H2,1H3,(H,31,32)/b30-16+. The summed E-state index contributed by atoms with van der Waals surface area (Å²) in [7, 11) is 0. The molecule has 5 nitrogen and oxygen atoms in total. The first kappa shape index (κ1) is 23.6. The van der Waals surface area contributed by atoms with Crippen LogP contribution in [0.4, 0.5) is 0 Å². The lowest BCUT2D eigenvalue weighted by Crippen LogP contribution is -2.17. The highest BCUT2D eigenvalue weighted by Crippen LogP contribution is 2.28. The maximum atomic E-state index is 12.5. The number of halogens is 2. The predicted octanol–water partition coefficient (Wildman–Crippen LogP) is 6.89. The highest BCUT2D eigenvalue weighted by Gasteiger charge is 2.10. The topological polar surface area (TPSA) is 59.9 Å². The molecule has 1 N–H and O–H groups in total. The molecule has 4 aromatic carbocycles. The van der Waals surface area contributed by atoms with E-state index >= 15 is 0 Å². The highest BCUT2D eigenvalue weighted by atomic mass is 35.5. The first-order valence-corrected chi connectivity index (χ1v) is 11.5. The molecule has 0 aliphatic carbocycles. The molecule has 4 aromatic rings. The number of nitrogens with one attached hydrogen (secondary N) is 1. The molecule has 0 heterocycles. The van der Waals surface area contributed by atoms with Crippen molar-refractivity contribution >= 4 is 46.1 Å². The summed E-state index contributed by atoms with van der Waals surface area (Å²) in [6.07, 6.45) is 1.60. The second-order valence-electron chi connectivity index (χ2n) is 7.39. The van der Waals surface area contributed by atoms with Crippen LogP contribution in [0.15, 0.2) is 84.0 Å². The quantitative estimate of drug-likeness (QED) is 0.215. The molecular weight excluding hydrogens is 471 g/mol. The van der Waals surface area contributed by atoms with Crippen LogP contribution in [-0.2, 0) is 6.61 Å². The summed E-state index contributed by atoms with van der Waals surface area (Å²) in [6.45, 7) is 2.77. The number of hydrazone groups is 1. The Balaban J connectivity index is 1.54. The van der Waals surface area contributed by atoms with E-state index in [0.717, 1.165) is 21.9 Å². The fourth-order valence-corrected chi connectivity index (χ4v) is 3.74. The van der Waals surface area contributed by atoms with E-state index in [1.807, 2.05) is 49.4 Å². The number of hydrogen-bond acceptors (Lipinski definition) is 4. The summed E-state index contributed by atoms with van der Waals surface area (Å²) in [5.41, 5.74) is 4.70. The Morgan fingerprint density at radius 3 is 2.50 bits per heavy atom. The number of benzene rings is 4. The lowest BCUT2D eigenvalue weighted by atomic mass is 10.0. The van der Waals surface area contributed by atoms with Crippen molar-refractivity contribution in [2.24, 2.45) is 5.10 Å². The van der Waals surface area contributed by atoms with Crippen molar-refractivity contribution in [3.8, 4) is 11.5 Å². The molecule has 0 radical (unpaired) electrons. The Morgan fingerprint density at radius 2 is 1.74 bits per heavy atom. The number of amides is 1. The summed E-state index contributed by atoms with van der Waals surface area (Å²) in [4.78, 5) is 12.5. The Labute approximate surface area is 207 Å². The van der Waals surface area contributed by atoms with Crippen LogP contribution in [0.1, 0.15) is 28.4 Å². The highest BCUT2D eigenvalue weighted by molar-refractivity contribution is 6.42. The fraction of sp³-hybridized carbons (Fsp3) is 0.111. The molecule has 0 spiro atoms. The molecule has 4 rings (SSSR count). The number of ether oxygens (including phenoxy) is 2. The molecule has 7 heteroatoms. The average molecular weight is 493 g/mol. The SMILES string of the molecule is CCOc1ccc(C(=O)N/N=C/c2c(OCc3ccc(Cl)c(Cl)c3)ccc3ccccc23)cc1. The van der Waals surface area contributed by atoms with Crippen LogP contribution in [0.2, 0.25) is 10.0 Å². The summed E-state index contributed by atoms with van der Waals surface area (Å²) >= 11 is 12.1. The Hall–Kier alpha value is -3.54. The van der Waals surface area contributed by atoms with E-state index in [-0.39, 0.29) is 5.91 Å². The van der Waals surface area contributed by atoms with Crippen LogP contribution in [0.3, 0.4) is 0 Å². The van der Waals surface area contributed by atoms with Gasteiger partial charge >= 0.3 is 0 Å². The van der Waals surface area contributed by atoms with Gasteiger partial charge in [0.25, 0.3) is 5.91 Å². The Kier molecular flexibility index (Phi) is 7.68. The second-order valence-corrected chi connectivity index (χ2v) is 8.21. The lowest BCUT2D eigenvalue weighted by Gasteiger charge is -2.12. The third-order valence-electron chi connectivity index (χ3n) is 5.10. The van der Waals surface area contributed by atoms with E-state index in [1.165, 1.54) is 0 Å². The zero-order chi connectivity index (χ0) is 23.9. The number of carbonyl (C=O) groups excluding carboxylic acids is 1. The lowest BCUT2D eigenvalue weighted by molar-refractivity contribution is 0.0955. The van der Waals surface area contributed by atoms with Gasteiger partial charge in [-0.15, -0.1) is 0 Å². The van der Waals surface area contributed by atoms with Crippen molar-refractivity contribution in [1.29, 1.82) is 0 Å². The zero-order valence-corrected chi connectivity index (χ0v) is 19.9. The Morgan fingerprint density at radius 1 is 0.941 bits per heavy atom. The van der Waals surface area contributed by atoms with Crippen LogP contribution in [0.5, 0.6) is 11.5 Å². The summed E-state index contributed by atoms with van der Waals surface area (Å²) < 4.78 is 11.5. The summed E-state index contributed by atoms with van der Waals surface area (Å²) in [5.74, 6) is 1.02. The van der Waals surface area contributed by atoms with Crippen LogP contribution in [0.25, 0.3) is 10.8 Å². The molecule has 0 saturated heterocycles. The molecule has 0 aromatic heterocycles. The fourth-order valence-electron chi connectivity index (χ4n) is 3.41. The largest absolute Gasteiger partial charge is 0.494 e. The van der Waals surface area contributed by atoms with Crippen molar-refractivity contribution < 1.29 is 14.3 Å². The summed E-state index contributed by atoms with van der Waals surface area (Å²) in [5, 5.41) is 7.14. The van der Waals surface area contributed by atoms with E-state index in [1.54, 1.807) is 42.6 Å². The zero-order valence-electron chi connectivity index (χ0n) is 18.4. The van der Waals surface area contributed by atoms with E-state index in [0.29, 0.717) is 40.3 Å². The van der Waals surface area contributed by atoms with Gasteiger partial charge in [0.2, 0.25) is 0 Å². The van der Waals surface area contributed by atoms with Crippen LogP contribution in [0, 0.1) is 0 Å². The van der Waals surface area contributed by atoms with Gasteiger partial charge in [0.15, 0.2) is 0 Å². The first-order chi connectivity index (χ1) is 16.5. The number of rotatable bonds is 8. The van der Waals surface area contributed by atoms with Crippen LogP contribution < -0.4 is 14.9 Å². The van der Waals surface area contributed by atoms with E-state index in [9.17, 15) is 4.79 Å². The van der Waals surface area contributed by atoms with E-state index in [2.05, 4.69) is 10.5 Å². The smallest absolute Gasteiger partial charge is 0.271 e. The number of hydrogen-bond donors (Lipinski definition) is 1. The molecule has 172 valence electrons. The van der Waals surface area contributed by atoms with Gasteiger partial charge < -0.3 is 9.47 Å². The molecule has 1 amide bonds. The maximum absolute atomic E-state index is 12.5. The van der Waals surface area contributed by atoms with Crippen molar-refractivity contribution in [3.05, 3.63) is 106 Å². The summed E-state index contributed by atoms with van der Waals surface area (Å²) in [6, 6.07) is 24.0. The van der Waals surface area contributed by atoms with Gasteiger partial charge in [0, 0.05) is 11.1 Å². The van der Waals surface area contributed by atoms with Crippen molar-refractivity contribution in [2.75, 3.05) is 6.61 Å². The third-order valence-corrected chi connectivity index (χ3v) is 5.84. The molecule has 0 saturated carbocycles. The number of nitrogens with zero attached hydrogens (tertiary/aromatic N) is 1. The minimum absolute atomic E-state index is 0.300. The average Bonchev–Trinajstić information content (AvgIpc) is 2.86. The van der Waals surface area contributed by atoms with Gasteiger partial charge in [-0.3, -0.25) is 4.79 Å². The van der Waals surface area contributed by atoms with E-state index < -0.39 is 0 Å². The number of carbonyl (C=O) groups is 1. The first-order valence-electron chi connectivity index (χ1n) is 10.7. The molecule has 0 atom stereocenters. The van der Waals surface area contributed by atoms with Crippen molar-refractivity contribution in [2.45, 2.75) is 13.5 Å². The third kappa shape index (κ3) is 5.68. The van der Waals surface area contributed by atoms with Crippen LogP contribution >= 0.6 is 23.2 Å². The number of fused-ring (bicyclic) bond motifs is 1. The minimum Gasteiger partial charge on any atom is -0.494 e. The molecule has 34 heavy (non-hydrogen) atoms. The van der Waals surface area contributed by atoms with Gasteiger partial charge in [0.1, 0.15) is 18.1 Å². The molecule has 0 fully saturated rings.